The third-order valence-corrected chi connectivity index (χ3v) is 6.64. The van der Waals surface area contributed by atoms with E-state index < -0.39 is 0 Å². The molecule has 31 heavy (non-hydrogen) atoms. The Morgan fingerprint density at radius 1 is 1.19 bits per heavy atom. The Balaban J connectivity index is 1.68. The number of fused-ring (bicyclic) bond motifs is 1. The van der Waals surface area contributed by atoms with E-state index in [1.165, 1.54) is 23.3 Å². The number of rotatable bonds is 8. The van der Waals surface area contributed by atoms with Crippen molar-refractivity contribution in [3.63, 3.8) is 0 Å². The molecule has 1 aromatic heterocycles. The number of anilines is 1. The Hall–Kier alpha value is -2.58. The Morgan fingerprint density at radius 3 is 2.61 bits per heavy atom. The molecule has 1 aliphatic rings. The van der Waals surface area contributed by atoms with Crippen LogP contribution in [0.15, 0.2) is 18.2 Å². The highest BCUT2D eigenvalue weighted by Gasteiger charge is 2.29. The highest BCUT2D eigenvalue weighted by molar-refractivity contribution is 7.17. The van der Waals surface area contributed by atoms with Gasteiger partial charge in [0.05, 0.1) is 33.4 Å². The number of ether oxygens (including phenoxy) is 3. The van der Waals surface area contributed by atoms with Crippen LogP contribution in [-0.4, -0.2) is 51.7 Å². The molecule has 8 heteroatoms. The maximum absolute atomic E-state index is 12.7. The first-order chi connectivity index (χ1) is 14.9. The molecule has 0 spiro atoms. The number of hydrogen-bond donors (Lipinski definition) is 1. The molecule has 0 saturated carbocycles. The number of methoxy groups -OCH3 is 3. The van der Waals surface area contributed by atoms with Crippen molar-refractivity contribution >= 4 is 28.2 Å². The molecule has 1 heterocycles. The summed E-state index contributed by atoms with van der Waals surface area (Å²) in [5.74, 6) is 1.34. The molecule has 1 aromatic carbocycles. The molecule has 0 saturated heterocycles. The molecular weight excluding hydrogens is 416 g/mol. The van der Waals surface area contributed by atoms with Crippen LogP contribution in [0.25, 0.3) is 0 Å². The number of carbonyl (C=O) groups excluding carboxylic acids is 2. The number of nitrogens with zero attached hydrogens (tertiary/aromatic N) is 1. The molecule has 1 atom stereocenters. The SMILES string of the molecule is COC(=O)c1c(NC(=O)CN(C)Cc2ccc(OC)c(OC)c2)sc2c1CC[C@@H](C)C2. The molecular formula is C23H30N2O5S. The predicted molar refractivity (Wildman–Crippen MR) is 121 cm³/mol. The predicted octanol–water partition coefficient (Wildman–Crippen LogP) is 3.75. The molecule has 0 radical (unpaired) electrons. The summed E-state index contributed by atoms with van der Waals surface area (Å²) >= 11 is 1.50. The van der Waals surface area contributed by atoms with E-state index in [1.54, 1.807) is 14.2 Å². The van der Waals surface area contributed by atoms with Crippen molar-refractivity contribution in [2.75, 3.05) is 40.2 Å². The van der Waals surface area contributed by atoms with Crippen molar-refractivity contribution in [1.82, 2.24) is 4.90 Å². The summed E-state index contributed by atoms with van der Waals surface area (Å²) in [6.45, 7) is 2.96. The van der Waals surface area contributed by atoms with Crippen LogP contribution in [-0.2, 0) is 28.9 Å². The highest BCUT2D eigenvalue weighted by atomic mass is 32.1. The minimum Gasteiger partial charge on any atom is -0.493 e. The second kappa shape index (κ2) is 10.2. The number of benzene rings is 1. The third-order valence-electron chi connectivity index (χ3n) is 5.47. The van der Waals surface area contributed by atoms with Crippen molar-refractivity contribution in [2.45, 2.75) is 32.7 Å². The zero-order chi connectivity index (χ0) is 22.5. The Bertz CT molecular complexity index is 956. The van der Waals surface area contributed by atoms with Crippen molar-refractivity contribution in [3.05, 3.63) is 39.8 Å². The van der Waals surface area contributed by atoms with Crippen molar-refractivity contribution in [2.24, 2.45) is 5.92 Å². The molecule has 0 unspecified atom stereocenters. The average molecular weight is 447 g/mol. The summed E-state index contributed by atoms with van der Waals surface area (Å²) in [4.78, 5) is 28.2. The van der Waals surface area contributed by atoms with Gasteiger partial charge in [0.2, 0.25) is 5.91 Å². The van der Waals surface area contributed by atoms with Crippen LogP contribution >= 0.6 is 11.3 Å². The largest absolute Gasteiger partial charge is 0.493 e. The van der Waals surface area contributed by atoms with Gasteiger partial charge in [-0.05, 0) is 55.5 Å². The van der Waals surface area contributed by atoms with Crippen LogP contribution in [0.5, 0.6) is 11.5 Å². The summed E-state index contributed by atoms with van der Waals surface area (Å²) in [5, 5.41) is 3.54. The van der Waals surface area contributed by atoms with E-state index in [9.17, 15) is 9.59 Å². The van der Waals surface area contributed by atoms with Crippen LogP contribution in [0.3, 0.4) is 0 Å². The lowest BCUT2D eigenvalue weighted by atomic mass is 9.88. The van der Waals surface area contributed by atoms with Gasteiger partial charge in [-0.2, -0.15) is 0 Å². The van der Waals surface area contributed by atoms with Gasteiger partial charge in [-0.3, -0.25) is 9.69 Å². The standard InChI is InChI=1S/C23H30N2O5S/c1-14-6-8-16-19(10-14)31-22(21(16)23(27)30-5)24-20(26)13-25(2)12-15-7-9-17(28-3)18(11-15)29-4/h7,9,11,14H,6,8,10,12-13H2,1-5H3,(H,24,26)/t14-/m1/s1. The first kappa shape index (κ1) is 23.1. The number of thiophene rings is 1. The molecule has 7 nitrogen and oxygen atoms in total. The molecule has 0 bridgehead atoms. The van der Waals surface area contributed by atoms with E-state index in [0.29, 0.717) is 34.5 Å². The van der Waals surface area contributed by atoms with E-state index in [-0.39, 0.29) is 18.4 Å². The molecule has 168 valence electrons. The fourth-order valence-electron chi connectivity index (χ4n) is 3.91. The van der Waals surface area contributed by atoms with Gasteiger partial charge in [0.25, 0.3) is 0 Å². The van der Waals surface area contributed by atoms with Crippen LogP contribution in [0, 0.1) is 5.92 Å². The monoisotopic (exact) mass is 446 g/mol. The van der Waals surface area contributed by atoms with Crippen LogP contribution in [0.4, 0.5) is 5.00 Å². The zero-order valence-corrected chi connectivity index (χ0v) is 19.6. The number of nitrogens with one attached hydrogen (secondary N) is 1. The second-order valence-corrected chi connectivity index (χ2v) is 9.06. The highest BCUT2D eigenvalue weighted by Crippen LogP contribution is 2.40. The molecule has 3 rings (SSSR count). The Kier molecular flexibility index (Phi) is 7.56. The van der Waals surface area contributed by atoms with E-state index in [1.807, 2.05) is 30.1 Å². The van der Waals surface area contributed by atoms with Gasteiger partial charge in [-0.15, -0.1) is 11.3 Å². The lowest BCUT2D eigenvalue weighted by molar-refractivity contribution is -0.117. The van der Waals surface area contributed by atoms with E-state index in [2.05, 4.69) is 12.2 Å². The van der Waals surface area contributed by atoms with Gasteiger partial charge in [0, 0.05) is 11.4 Å². The molecule has 1 N–H and O–H groups in total. The summed E-state index contributed by atoms with van der Waals surface area (Å²) in [5.41, 5.74) is 2.55. The Labute approximate surface area is 187 Å². The number of esters is 1. The number of amides is 1. The maximum Gasteiger partial charge on any atom is 0.341 e. The van der Waals surface area contributed by atoms with Gasteiger partial charge in [0.15, 0.2) is 11.5 Å². The van der Waals surface area contributed by atoms with Gasteiger partial charge in [0.1, 0.15) is 5.00 Å². The third kappa shape index (κ3) is 5.37. The second-order valence-electron chi connectivity index (χ2n) is 7.96. The lowest BCUT2D eigenvalue weighted by Gasteiger charge is -2.18. The lowest BCUT2D eigenvalue weighted by Crippen LogP contribution is -2.30. The van der Waals surface area contributed by atoms with Crippen molar-refractivity contribution < 1.29 is 23.8 Å². The molecule has 0 fully saturated rings. The summed E-state index contributed by atoms with van der Waals surface area (Å²) in [6, 6.07) is 5.69. The maximum atomic E-state index is 12.7. The summed E-state index contributed by atoms with van der Waals surface area (Å²) in [7, 11) is 6.44. The fraction of sp³-hybridized carbons (Fsp3) is 0.478. The summed E-state index contributed by atoms with van der Waals surface area (Å²) in [6.07, 6.45) is 2.81. The Morgan fingerprint density at radius 2 is 1.94 bits per heavy atom. The number of hydrogen-bond acceptors (Lipinski definition) is 7. The normalized spacial score (nSPS) is 15.4. The van der Waals surface area contributed by atoms with Crippen molar-refractivity contribution in [1.29, 1.82) is 0 Å². The number of carbonyl (C=O) groups is 2. The van der Waals surface area contributed by atoms with Gasteiger partial charge >= 0.3 is 5.97 Å². The molecule has 1 aliphatic carbocycles. The number of likely N-dealkylation sites (N-methyl/N-ethyl adjacent to an activating group) is 1. The molecule has 0 aliphatic heterocycles. The smallest absolute Gasteiger partial charge is 0.341 e. The van der Waals surface area contributed by atoms with E-state index in [0.717, 1.165) is 30.4 Å². The molecule has 1 amide bonds. The fourth-order valence-corrected chi connectivity index (χ4v) is 5.33. The van der Waals surface area contributed by atoms with Crippen LogP contribution in [0.1, 0.15) is 39.7 Å². The average Bonchev–Trinajstić information content (AvgIpc) is 3.09. The first-order valence-electron chi connectivity index (χ1n) is 10.3. The van der Waals surface area contributed by atoms with Gasteiger partial charge in [-0.25, -0.2) is 4.79 Å². The van der Waals surface area contributed by atoms with E-state index in [4.69, 9.17) is 14.2 Å². The zero-order valence-electron chi connectivity index (χ0n) is 18.7. The topological polar surface area (TPSA) is 77.1 Å². The summed E-state index contributed by atoms with van der Waals surface area (Å²) < 4.78 is 15.6. The van der Waals surface area contributed by atoms with Gasteiger partial charge in [-0.1, -0.05) is 13.0 Å². The quantitative estimate of drug-likeness (QED) is 0.623. The van der Waals surface area contributed by atoms with Gasteiger partial charge < -0.3 is 19.5 Å². The van der Waals surface area contributed by atoms with E-state index >= 15 is 0 Å². The van der Waals surface area contributed by atoms with Crippen molar-refractivity contribution in [3.8, 4) is 11.5 Å². The minimum atomic E-state index is -0.388. The minimum absolute atomic E-state index is 0.167. The van der Waals surface area contributed by atoms with Crippen LogP contribution < -0.4 is 14.8 Å². The first-order valence-corrected chi connectivity index (χ1v) is 11.1. The molecule has 2 aromatic rings. The van der Waals surface area contributed by atoms with Crippen LogP contribution in [0.2, 0.25) is 0 Å².